The quantitative estimate of drug-likeness (QED) is 0.677. The zero-order chi connectivity index (χ0) is 14.4. The summed E-state index contributed by atoms with van der Waals surface area (Å²) >= 11 is 1.69. The fourth-order valence-electron chi connectivity index (χ4n) is 1.63. The number of carbonyl (C=O) groups is 1. The first-order chi connectivity index (χ1) is 9.72. The predicted molar refractivity (Wildman–Crippen MR) is 79.5 cm³/mol. The van der Waals surface area contributed by atoms with Gasteiger partial charge >= 0.3 is 5.97 Å². The number of thioether (sulfide) groups is 1. The number of nitrogens with zero attached hydrogens (tertiary/aromatic N) is 1. The molecule has 0 saturated heterocycles. The number of carbonyl (C=O) groups excluding carboxylic acids is 1. The van der Waals surface area contributed by atoms with Crippen LogP contribution in [0.4, 0.5) is 0 Å². The van der Waals surface area contributed by atoms with Crippen LogP contribution in [0.15, 0.2) is 47.5 Å². The molecule has 5 heteroatoms. The van der Waals surface area contributed by atoms with E-state index in [0.29, 0.717) is 12.1 Å². The third kappa shape index (κ3) is 3.82. The Labute approximate surface area is 122 Å². The van der Waals surface area contributed by atoms with E-state index < -0.39 is 0 Å². The van der Waals surface area contributed by atoms with Crippen LogP contribution in [-0.2, 0) is 17.0 Å². The van der Waals surface area contributed by atoms with E-state index >= 15 is 0 Å². The molecule has 0 saturated carbocycles. The maximum absolute atomic E-state index is 11.3. The van der Waals surface area contributed by atoms with E-state index in [4.69, 9.17) is 5.73 Å². The van der Waals surface area contributed by atoms with Crippen LogP contribution in [0.5, 0.6) is 0 Å². The Bertz CT molecular complexity index is 567. The highest BCUT2D eigenvalue weighted by molar-refractivity contribution is 7.98. The summed E-state index contributed by atoms with van der Waals surface area (Å²) in [7, 11) is 1.36. The van der Waals surface area contributed by atoms with Crippen molar-refractivity contribution >= 4 is 17.7 Å². The minimum atomic E-state index is -0.367. The van der Waals surface area contributed by atoms with Gasteiger partial charge in [0.15, 0.2) is 0 Å². The van der Waals surface area contributed by atoms with Crippen LogP contribution in [0, 0.1) is 0 Å². The van der Waals surface area contributed by atoms with Gasteiger partial charge in [-0.05, 0) is 29.8 Å². The van der Waals surface area contributed by atoms with E-state index in [2.05, 4.69) is 21.9 Å². The van der Waals surface area contributed by atoms with Crippen molar-refractivity contribution in [2.24, 2.45) is 5.73 Å². The molecule has 1 aromatic heterocycles. The first-order valence-corrected chi connectivity index (χ1v) is 7.16. The van der Waals surface area contributed by atoms with Gasteiger partial charge in [-0.25, -0.2) is 4.79 Å². The maximum Gasteiger partial charge on any atom is 0.339 e. The lowest BCUT2D eigenvalue weighted by atomic mass is 10.2. The van der Waals surface area contributed by atoms with Crippen LogP contribution < -0.4 is 5.73 Å². The number of benzene rings is 1. The Hall–Kier alpha value is -1.85. The number of methoxy groups -OCH3 is 1. The smallest absolute Gasteiger partial charge is 0.339 e. The normalized spacial score (nSPS) is 10.3. The molecule has 0 aliphatic heterocycles. The molecule has 0 bridgehead atoms. The minimum absolute atomic E-state index is 0.367. The van der Waals surface area contributed by atoms with E-state index in [9.17, 15) is 4.79 Å². The minimum Gasteiger partial charge on any atom is -0.465 e. The van der Waals surface area contributed by atoms with Gasteiger partial charge in [0.1, 0.15) is 0 Å². The van der Waals surface area contributed by atoms with E-state index in [1.807, 2.05) is 18.2 Å². The monoisotopic (exact) mass is 288 g/mol. The molecule has 1 heterocycles. The van der Waals surface area contributed by atoms with Crippen molar-refractivity contribution in [3.63, 3.8) is 0 Å². The molecule has 104 valence electrons. The topological polar surface area (TPSA) is 65.2 Å². The van der Waals surface area contributed by atoms with Crippen LogP contribution >= 0.6 is 11.8 Å². The Balaban J connectivity index is 1.94. The van der Waals surface area contributed by atoms with E-state index in [1.165, 1.54) is 12.0 Å². The van der Waals surface area contributed by atoms with Gasteiger partial charge in [-0.15, -0.1) is 11.8 Å². The number of nitrogens with two attached hydrogens (primary N) is 1. The average Bonchev–Trinajstić information content (AvgIpc) is 2.53. The summed E-state index contributed by atoms with van der Waals surface area (Å²) in [5.41, 5.74) is 8.07. The van der Waals surface area contributed by atoms with Crippen molar-refractivity contribution in [3.8, 4) is 0 Å². The third-order valence-electron chi connectivity index (χ3n) is 2.79. The largest absolute Gasteiger partial charge is 0.465 e. The lowest BCUT2D eigenvalue weighted by molar-refractivity contribution is 0.0600. The summed E-state index contributed by atoms with van der Waals surface area (Å²) in [6.07, 6.45) is 1.54. The molecule has 0 aliphatic carbocycles. The number of rotatable bonds is 5. The molecule has 0 atom stereocenters. The van der Waals surface area contributed by atoms with Crippen molar-refractivity contribution in [1.82, 2.24) is 4.98 Å². The Morgan fingerprint density at radius 2 is 2.00 bits per heavy atom. The molecule has 0 radical (unpaired) electrons. The third-order valence-corrected chi connectivity index (χ3v) is 3.84. The average molecular weight is 288 g/mol. The summed E-state index contributed by atoms with van der Waals surface area (Å²) in [6.45, 7) is 0.557. The van der Waals surface area contributed by atoms with Crippen molar-refractivity contribution in [2.75, 3.05) is 7.11 Å². The summed E-state index contributed by atoms with van der Waals surface area (Å²) in [4.78, 5) is 16.7. The van der Waals surface area contributed by atoms with Crippen molar-refractivity contribution in [2.45, 2.75) is 17.2 Å². The predicted octanol–water partition coefficient (Wildman–Crippen LogP) is 2.62. The molecular weight excluding hydrogens is 272 g/mol. The van der Waals surface area contributed by atoms with Crippen LogP contribution in [0.2, 0.25) is 0 Å². The van der Waals surface area contributed by atoms with Gasteiger partial charge in [0.05, 0.1) is 18.4 Å². The molecule has 0 aliphatic rings. The summed E-state index contributed by atoms with van der Waals surface area (Å²) in [6, 6.07) is 11.7. The molecule has 2 rings (SSSR count). The number of aromatic nitrogens is 1. The van der Waals surface area contributed by atoms with Crippen LogP contribution in [0.25, 0.3) is 0 Å². The molecule has 2 aromatic rings. The molecule has 0 unspecified atom stereocenters. The van der Waals surface area contributed by atoms with E-state index in [-0.39, 0.29) is 5.97 Å². The zero-order valence-corrected chi connectivity index (χ0v) is 12.0. The van der Waals surface area contributed by atoms with E-state index in [1.54, 1.807) is 24.0 Å². The Morgan fingerprint density at radius 1 is 1.25 bits per heavy atom. The fraction of sp³-hybridized carbons (Fsp3) is 0.200. The SMILES string of the molecule is COC(=O)c1ccc(CSc2ccc(CN)cc2)nc1. The van der Waals surface area contributed by atoms with Gasteiger partial charge in [0, 0.05) is 23.4 Å². The van der Waals surface area contributed by atoms with Gasteiger partial charge in [0.25, 0.3) is 0 Å². The highest BCUT2D eigenvalue weighted by atomic mass is 32.2. The lowest BCUT2D eigenvalue weighted by Gasteiger charge is -2.04. The Morgan fingerprint density at radius 3 is 2.55 bits per heavy atom. The van der Waals surface area contributed by atoms with Crippen LogP contribution in [0.1, 0.15) is 21.6 Å². The second-order valence-electron chi connectivity index (χ2n) is 4.17. The molecule has 0 spiro atoms. The molecule has 2 N–H and O–H groups in total. The van der Waals surface area contributed by atoms with Crippen molar-refractivity contribution in [1.29, 1.82) is 0 Å². The summed E-state index contributed by atoms with van der Waals surface area (Å²) in [5.74, 6) is 0.387. The number of esters is 1. The molecule has 0 amide bonds. The first-order valence-electron chi connectivity index (χ1n) is 6.18. The second-order valence-corrected chi connectivity index (χ2v) is 5.22. The van der Waals surface area contributed by atoms with E-state index in [0.717, 1.165) is 17.0 Å². The van der Waals surface area contributed by atoms with Gasteiger partial charge in [-0.3, -0.25) is 4.98 Å². The lowest BCUT2D eigenvalue weighted by Crippen LogP contribution is -2.02. The summed E-state index contributed by atoms with van der Waals surface area (Å²) in [5, 5.41) is 0. The first kappa shape index (κ1) is 14.6. The van der Waals surface area contributed by atoms with Crippen LogP contribution in [0.3, 0.4) is 0 Å². The number of hydrogen-bond acceptors (Lipinski definition) is 5. The van der Waals surface area contributed by atoms with Gasteiger partial charge in [-0.2, -0.15) is 0 Å². The highest BCUT2D eigenvalue weighted by Gasteiger charge is 2.05. The Kier molecular flexibility index (Phi) is 5.15. The molecule has 1 aromatic carbocycles. The van der Waals surface area contributed by atoms with Gasteiger partial charge in [-0.1, -0.05) is 12.1 Å². The maximum atomic E-state index is 11.3. The highest BCUT2D eigenvalue weighted by Crippen LogP contribution is 2.22. The standard InChI is InChI=1S/C15H16N2O2S/c1-19-15(18)12-4-5-13(17-9-12)10-20-14-6-2-11(8-16)3-7-14/h2-7,9H,8,10,16H2,1H3. The fourth-order valence-corrected chi connectivity index (χ4v) is 2.44. The molecular formula is C15H16N2O2S. The second kappa shape index (κ2) is 7.07. The number of hydrogen-bond donors (Lipinski definition) is 1. The zero-order valence-electron chi connectivity index (χ0n) is 11.2. The van der Waals surface area contributed by atoms with Crippen molar-refractivity contribution < 1.29 is 9.53 Å². The van der Waals surface area contributed by atoms with Gasteiger partial charge in [0.2, 0.25) is 0 Å². The molecule has 20 heavy (non-hydrogen) atoms. The van der Waals surface area contributed by atoms with Crippen molar-refractivity contribution in [3.05, 3.63) is 59.4 Å². The van der Waals surface area contributed by atoms with Crippen LogP contribution in [-0.4, -0.2) is 18.1 Å². The summed E-state index contributed by atoms with van der Waals surface area (Å²) < 4.78 is 4.63. The number of pyridine rings is 1. The molecule has 0 fully saturated rings. The number of ether oxygens (including phenoxy) is 1. The van der Waals surface area contributed by atoms with Gasteiger partial charge < -0.3 is 10.5 Å². The molecule has 4 nitrogen and oxygen atoms in total.